The lowest BCUT2D eigenvalue weighted by molar-refractivity contribution is -0.133. The summed E-state index contributed by atoms with van der Waals surface area (Å²) in [6.07, 6.45) is 0. The van der Waals surface area contributed by atoms with Gasteiger partial charge in [-0.3, -0.25) is 4.79 Å². The van der Waals surface area contributed by atoms with Crippen molar-refractivity contribution in [3.05, 3.63) is 28.8 Å². The minimum Gasteiger partial charge on any atom is -0.496 e. The highest BCUT2D eigenvalue weighted by molar-refractivity contribution is 5.76. The molecule has 0 radical (unpaired) electrons. The SMILES string of the molecule is COc1cc(C)c(CN(C)C(=O)CO)cc1C. The predicted molar refractivity (Wildman–Crippen MR) is 66.0 cm³/mol. The summed E-state index contributed by atoms with van der Waals surface area (Å²) in [7, 11) is 3.32. The molecule has 0 aliphatic carbocycles. The van der Waals surface area contributed by atoms with Crippen LogP contribution in [-0.4, -0.2) is 36.7 Å². The van der Waals surface area contributed by atoms with E-state index in [1.165, 1.54) is 4.90 Å². The number of aryl methyl sites for hydroxylation is 2. The lowest BCUT2D eigenvalue weighted by atomic mass is 10.0. The predicted octanol–water partition coefficient (Wildman–Crippen LogP) is 1.26. The number of hydrogen-bond acceptors (Lipinski definition) is 3. The van der Waals surface area contributed by atoms with E-state index in [9.17, 15) is 4.79 Å². The van der Waals surface area contributed by atoms with Gasteiger partial charge in [0.15, 0.2) is 0 Å². The lowest BCUT2D eigenvalue weighted by Crippen LogP contribution is -2.28. The number of carbonyl (C=O) groups is 1. The third kappa shape index (κ3) is 3.20. The first kappa shape index (κ1) is 13.5. The number of hydrogen-bond donors (Lipinski definition) is 1. The fraction of sp³-hybridized carbons (Fsp3) is 0.462. The van der Waals surface area contributed by atoms with Gasteiger partial charge < -0.3 is 14.7 Å². The van der Waals surface area contributed by atoms with Crippen LogP contribution in [0.1, 0.15) is 16.7 Å². The number of amides is 1. The first-order chi connectivity index (χ1) is 7.99. The van der Waals surface area contributed by atoms with E-state index in [2.05, 4.69) is 0 Å². The van der Waals surface area contributed by atoms with Crippen molar-refractivity contribution in [2.75, 3.05) is 20.8 Å². The van der Waals surface area contributed by atoms with Crippen molar-refractivity contribution in [2.45, 2.75) is 20.4 Å². The average Bonchev–Trinajstić information content (AvgIpc) is 2.32. The molecule has 0 fully saturated rings. The van der Waals surface area contributed by atoms with Crippen LogP contribution in [0, 0.1) is 13.8 Å². The topological polar surface area (TPSA) is 49.8 Å². The molecule has 1 aromatic rings. The summed E-state index contributed by atoms with van der Waals surface area (Å²) in [6.45, 7) is 3.99. The van der Waals surface area contributed by atoms with Gasteiger partial charge in [0, 0.05) is 13.6 Å². The molecule has 0 bridgehead atoms. The molecule has 1 aromatic carbocycles. The van der Waals surface area contributed by atoms with E-state index in [0.717, 1.165) is 22.4 Å². The maximum absolute atomic E-state index is 11.3. The smallest absolute Gasteiger partial charge is 0.248 e. The molecular formula is C13H19NO3. The van der Waals surface area contributed by atoms with E-state index in [1.807, 2.05) is 26.0 Å². The second kappa shape index (κ2) is 5.68. The number of carbonyl (C=O) groups excluding carboxylic acids is 1. The number of aliphatic hydroxyl groups is 1. The van der Waals surface area contributed by atoms with Gasteiger partial charge in [-0.05, 0) is 36.6 Å². The molecule has 1 N–H and O–H groups in total. The van der Waals surface area contributed by atoms with Crippen LogP contribution in [0.4, 0.5) is 0 Å². The lowest BCUT2D eigenvalue weighted by Gasteiger charge is -2.18. The minimum atomic E-state index is -0.454. The highest BCUT2D eigenvalue weighted by Crippen LogP contribution is 2.23. The third-order valence-electron chi connectivity index (χ3n) is 2.82. The number of benzene rings is 1. The largest absolute Gasteiger partial charge is 0.496 e. The Hall–Kier alpha value is -1.55. The second-order valence-corrected chi connectivity index (χ2v) is 4.16. The van der Waals surface area contributed by atoms with Crippen LogP contribution in [0.25, 0.3) is 0 Å². The molecule has 1 amide bonds. The highest BCUT2D eigenvalue weighted by Gasteiger charge is 2.11. The van der Waals surface area contributed by atoms with Crippen LogP contribution >= 0.6 is 0 Å². The number of methoxy groups -OCH3 is 1. The summed E-state index contributed by atoms with van der Waals surface area (Å²) >= 11 is 0. The molecule has 4 heteroatoms. The molecule has 0 aliphatic rings. The maximum atomic E-state index is 11.3. The number of nitrogens with zero attached hydrogens (tertiary/aromatic N) is 1. The molecule has 0 unspecified atom stereocenters. The van der Waals surface area contributed by atoms with Crippen molar-refractivity contribution in [3.8, 4) is 5.75 Å². The summed E-state index contributed by atoms with van der Waals surface area (Å²) in [4.78, 5) is 12.8. The van der Waals surface area contributed by atoms with Gasteiger partial charge in [-0.15, -0.1) is 0 Å². The Morgan fingerprint density at radius 3 is 2.53 bits per heavy atom. The summed E-state index contributed by atoms with van der Waals surface area (Å²) in [5.41, 5.74) is 3.18. The van der Waals surface area contributed by atoms with Gasteiger partial charge >= 0.3 is 0 Å². The highest BCUT2D eigenvalue weighted by atomic mass is 16.5. The molecule has 0 saturated carbocycles. The molecule has 0 spiro atoms. The Kier molecular flexibility index (Phi) is 4.52. The normalized spacial score (nSPS) is 10.2. The van der Waals surface area contributed by atoms with Gasteiger partial charge in [0.05, 0.1) is 7.11 Å². The van der Waals surface area contributed by atoms with E-state index in [0.29, 0.717) is 6.54 Å². The quantitative estimate of drug-likeness (QED) is 0.857. The summed E-state index contributed by atoms with van der Waals surface area (Å²) in [6, 6.07) is 3.97. The van der Waals surface area contributed by atoms with Crippen LogP contribution in [-0.2, 0) is 11.3 Å². The zero-order valence-corrected chi connectivity index (χ0v) is 10.8. The average molecular weight is 237 g/mol. The Morgan fingerprint density at radius 1 is 1.35 bits per heavy atom. The number of likely N-dealkylation sites (N-methyl/N-ethyl adjacent to an activating group) is 1. The summed E-state index contributed by atoms with van der Waals surface area (Å²) in [5.74, 6) is 0.570. The van der Waals surface area contributed by atoms with Crippen molar-refractivity contribution in [3.63, 3.8) is 0 Å². The first-order valence-electron chi connectivity index (χ1n) is 5.48. The van der Waals surface area contributed by atoms with Gasteiger partial charge in [0.2, 0.25) is 5.91 Å². The maximum Gasteiger partial charge on any atom is 0.248 e. The fourth-order valence-corrected chi connectivity index (χ4v) is 1.70. The van der Waals surface area contributed by atoms with Crippen molar-refractivity contribution >= 4 is 5.91 Å². The molecule has 0 heterocycles. The van der Waals surface area contributed by atoms with E-state index in [4.69, 9.17) is 9.84 Å². The van der Waals surface area contributed by atoms with Gasteiger partial charge in [-0.1, -0.05) is 6.07 Å². The molecular weight excluding hydrogens is 218 g/mol. The van der Waals surface area contributed by atoms with Crippen LogP contribution in [0.5, 0.6) is 5.75 Å². The zero-order chi connectivity index (χ0) is 13.0. The standard InChI is InChI=1S/C13H19NO3/c1-9-6-12(17-4)10(2)5-11(9)7-14(3)13(16)8-15/h5-6,15H,7-8H2,1-4H3. The molecule has 0 aromatic heterocycles. The first-order valence-corrected chi connectivity index (χ1v) is 5.48. The monoisotopic (exact) mass is 237 g/mol. The van der Waals surface area contributed by atoms with Crippen LogP contribution < -0.4 is 4.74 Å². The van der Waals surface area contributed by atoms with E-state index < -0.39 is 6.61 Å². The van der Waals surface area contributed by atoms with Gasteiger partial charge in [0.1, 0.15) is 12.4 Å². The summed E-state index contributed by atoms with van der Waals surface area (Å²) < 4.78 is 5.23. The summed E-state index contributed by atoms with van der Waals surface area (Å²) in [5, 5.41) is 8.78. The Morgan fingerprint density at radius 2 is 2.00 bits per heavy atom. The number of aliphatic hydroxyl groups excluding tert-OH is 1. The van der Waals surface area contributed by atoms with E-state index in [1.54, 1.807) is 14.2 Å². The molecule has 1 rings (SSSR count). The molecule has 0 atom stereocenters. The third-order valence-corrected chi connectivity index (χ3v) is 2.82. The van der Waals surface area contributed by atoms with Crippen LogP contribution in [0.15, 0.2) is 12.1 Å². The Balaban J connectivity index is 2.92. The molecule has 94 valence electrons. The molecule has 0 aliphatic heterocycles. The van der Waals surface area contributed by atoms with Crippen molar-refractivity contribution in [1.29, 1.82) is 0 Å². The van der Waals surface area contributed by atoms with Crippen LogP contribution in [0.3, 0.4) is 0 Å². The van der Waals surface area contributed by atoms with Gasteiger partial charge in [0.25, 0.3) is 0 Å². The zero-order valence-electron chi connectivity index (χ0n) is 10.8. The molecule has 17 heavy (non-hydrogen) atoms. The van der Waals surface area contributed by atoms with Crippen molar-refractivity contribution in [2.24, 2.45) is 0 Å². The molecule has 4 nitrogen and oxygen atoms in total. The minimum absolute atomic E-state index is 0.280. The number of rotatable bonds is 4. The van der Waals surface area contributed by atoms with E-state index in [-0.39, 0.29) is 5.91 Å². The Bertz CT molecular complexity index is 415. The van der Waals surface area contributed by atoms with Crippen LogP contribution in [0.2, 0.25) is 0 Å². The number of ether oxygens (including phenoxy) is 1. The van der Waals surface area contributed by atoms with Gasteiger partial charge in [-0.2, -0.15) is 0 Å². The van der Waals surface area contributed by atoms with Crippen molar-refractivity contribution < 1.29 is 14.6 Å². The Labute approximate surface area is 102 Å². The molecule has 0 saturated heterocycles. The van der Waals surface area contributed by atoms with Gasteiger partial charge in [-0.25, -0.2) is 0 Å². The van der Waals surface area contributed by atoms with Crippen molar-refractivity contribution in [1.82, 2.24) is 4.90 Å². The fourth-order valence-electron chi connectivity index (χ4n) is 1.70. The second-order valence-electron chi connectivity index (χ2n) is 4.16. The van der Waals surface area contributed by atoms with E-state index >= 15 is 0 Å².